The van der Waals surface area contributed by atoms with E-state index in [0.717, 1.165) is 28.3 Å². The number of para-hydroxylation sites is 1. The number of hydrogen-bond donors (Lipinski definition) is 0. The second kappa shape index (κ2) is 13.7. The van der Waals surface area contributed by atoms with Gasteiger partial charge in [-0.1, -0.05) is 163 Å². The van der Waals surface area contributed by atoms with Crippen molar-refractivity contribution >= 4 is 49.6 Å². The first kappa shape index (κ1) is 32.5. The number of hydrogen-bond acceptors (Lipinski definition) is 1. The predicted octanol–water partition coefficient (Wildman–Crippen LogP) is 14.7. The van der Waals surface area contributed by atoms with Crippen LogP contribution in [0.1, 0.15) is 5.56 Å². The maximum absolute atomic E-state index is 2.48. The van der Waals surface area contributed by atoms with Gasteiger partial charge in [-0.3, -0.25) is 0 Å². The van der Waals surface area contributed by atoms with E-state index in [1.165, 1.54) is 66.0 Å². The van der Waals surface area contributed by atoms with Crippen LogP contribution in [0.4, 0.5) is 17.1 Å². The Hall–Kier alpha value is -7.16. The monoisotopic (exact) mass is 702 g/mol. The molecule has 0 spiro atoms. The lowest BCUT2D eigenvalue weighted by atomic mass is 9.98. The molecule has 1 aromatic heterocycles. The van der Waals surface area contributed by atoms with E-state index in [2.05, 4.69) is 229 Å². The summed E-state index contributed by atoms with van der Waals surface area (Å²) in [4.78, 5) is 2.38. The SMILES string of the molecule is Cc1ccc(-c2cc3ccccc3cc2-n2c3ccccc3c3ccc(N(c4ccc(-c5ccccc5)cc4)c4ccc(-c5ccccc5)cc4)cc32)cc1. The number of anilines is 3. The molecule has 0 radical (unpaired) electrons. The third kappa shape index (κ3) is 5.95. The molecule has 0 aliphatic heterocycles. The highest BCUT2D eigenvalue weighted by atomic mass is 15.1. The summed E-state index contributed by atoms with van der Waals surface area (Å²) < 4.78 is 2.48. The predicted molar refractivity (Wildman–Crippen MR) is 234 cm³/mol. The molecule has 2 heteroatoms. The molecule has 0 saturated heterocycles. The molecule has 0 unspecified atom stereocenters. The van der Waals surface area contributed by atoms with E-state index in [9.17, 15) is 0 Å². The van der Waals surface area contributed by atoms with E-state index in [1.807, 2.05) is 0 Å². The second-order valence-corrected chi connectivity index (χ2v) is 14.3. The first-order valence-electron chi connectivity index (χ1n) is 18.9. The smallest absolute Gasteiger partial charge is 0.0562 e. The van der Waals surface area contributed by atoms with Crippen LogP contribution in [0, 0.1) is 6.92 Å². The molecule has 0 fully saturated rings. The lowest BCUT2D eigenvalue weighted by Gasteiger charge is -2.26. The van der Waals surface area contributed by atoms with Crippen molar-refractivity contribution in [3.05, 3.63) is 218 Å². The summed E-state index contributed by atoms with van der Waals surface area (Å²) in [6.07, 6.45) is 0. The van der Waals surface area contributed by atoms with Crippen molar-refractivity contribution in [1.82, 2.24) is 4.57 Å². The van der Waals surface area contributed by atoms with Gasteiger partial charge in [0.15, 0.2) is 0 Å². The Labute approximate surface area is 321 Å². The summed E-state index contributed by atoms with van der Waals surface area (Å²) in [7, 11) is 0. The zero-order valence-corrected chi connectivity index (χ0v) is 30.6. The van der Waals surface area contributed by atoms with E-state index < -0.39 is 0 Å². The van der Waals surface area contributed by atoms with Crippen LogP contribution < -0.4 is 4.90 Å². The normalized spacial score (nSPS) is 11.4. The fourth-order valence-corrected chi connectivity index (χ4v) is 8.05. The molecule has 55 heavy (non-hydrogen) atoms. The fraction of sp³-hybridized carbons (Fsp3) is 0.0189. The fourth-order valence-electron chi connectivity index (χ4n) is 8.05. The van der Waals surface area contributed by atoms with Crippen LogP contribution in [0.2, 0.25) is 0 Å². The van der Waals surface area contributed by atoms with Crippen molar-refractivity contribution in [2.75, 3.05) is 4.90 Å². The van der Waals surface area contributed by atoms with Gasteiger partial charge >= 0.3 is 0 Å². The van der Waals surface area contributed by atoms with Crippen LogP contribution in [-0.4, -0.2) is 4.57 Å². The van der Waals surface area contributed by atoms with Gasteiger partial charge in [-0.05, 0) is 100 Å². The molecule has 0 atom stereocenters. The lowest BCUT2D eigenvalue weighted by Crippen LogP contribution is -2.10. The van der Waals surface area contributed by atoms with Crippen LogP contribution in [0.5, 0.6) is 0 Å². The molecule has 10 rings (SSSR count). The van der Waals surface area contributed by atoms with Crippen molar-refractivity contribution in [2.45, 2.75) is 6.92 Å². The molecule has 0 amide bonds. The van der Waals surface area contributed by atoms with Crippen LogP contribution in [0.25, 0.3) is 71.6 Å². The zero-order valence-electron chi connectivity index (χ0n) is 30.6. The minimum absolute atomic E-state index is 1.09. The Balaban J connectivity index is 1.20. The van der Waals surface area contributed by atoms with Crippen molar-refractivity contribution in [3.8, 4) is 39.1 Å². The molecule has 10 aromatic rings. The maximum Gasteiger partial charge on any atom is 0.0562 e. The van der Waals surface area contributed by atoms with Crippen LogP contribution in [0.15, 0.2) is 212 Å². The van der Waals surface area contributed by atoms with Crippen molar-refractivity contribution in [1.29, 1.82) is 0 Å². The van der Waals surface area contributed by atoms with Crippen LogP contribution in [-0.2, 0) is 0 Å². The minimum atomic E-state index is 1.09. The van der Waals surface area contributed by atoms with Gasteiger partial charge in [0.2, 0.25) is 0 Å². The number of nitrogens with zero attached hydrogens (tertiary/aromatic N) is 2. The Morgan fingerprint density at radius 2 is 0.818 bits per heavy atom. The van der Waals surface area contributed by atoms with E-state index >= 15 is 0 Å². The Morgan fingerprint density at radius 1 is 0.345 bits per heavy atom. The van der Waals surface area contributed by atoms with E-state index in [-0.39, 0.29) is 0 Å². The van der Waals surface area contributed by atoms with Gasteiger partial charge in [0.05, 0.1) is 16.7 Å². The summed E-state index contributed by atoms with van der Waals surface area (Å²) in [6.45, 7) is 2.15. The third-order valence-electron chi connectivity index (χ3n) is 10.8. The molecule has 0 N–H and O–H groups in total. The van der Waals surface area contributed by atoms with Crippen molar-refractivity contribution < 1.29 is 0 Å². The number of aryl methyl sites for hydroxylation is 1. The minimum Gasteiger partial charge on any atom is -0.310 e. The Bertz CT molecular complexity index is 2860. The van der Waals surface area contributed by atoms with Gasteiger partial charge in [0, 0.05) is 33.4 Å². The van der Waals surface area contributed by atoms with Crippen LogP contribution in [0.3, 0.4) is 0 Å². The molecule has 1 heterocycles. The van der Waals surface area contributed by atoms with Gasteiger partial charge in [-0.25, -0.2) is 0 Å². The zero-order chi connectivity index (χ0) is 36.7. The van der Waals surface area contributed by atoms with Gasteiger partial charge in [0.25, 0.3) is 0 Å². The summed E-state index contributed by atoms with van der Waals surface area (Å²) >= 11 is 0. The van der Waals surface area contributed by atoms with Gasteiger partial charge in [0.1, 0.15) is 0 Å². The Morgan fingerprint density at radius 3 is 1.44 bits per heavy atom. The number of aromatic nitrogens is 1. The standard InChI is InChI=1S/C53H38N2/c1-37-20-22-42(23-21-37)50-34-43-16-8-9-17-44(43)35-52(50)55-51-19-11-10-18-48(51)49-33-32-47(36-53(49)55)54(45-28-24-40(25-29-45)38-12-4-2-5-13-38)46-30-26-41(27-31-46)39-14-6-3-7-15-39/h2-36H,1H3. The molecule has 0 aliphatic rings. The number of benzene rings is 9. The highest BCUT2D eigenvalue weighted by molar-refractivity contribution is 6.11. The van der Waals surface area contributed by atoms with E-state index in [1.54, 1.807) is 0 Å². The number of rotatable bonds is 7. The maximum atomic E-state index is 2.48. The molecular weight excluding hydrogens is 665 g/mol. The van der Waals surface area contributed by atoms with Gasteiger partial charge in [-0.2, -0.15) is 0 Å². The summed E-state index contributed by atoms with van der Waals surface area (Å²) in [6, 6.07) is 77.2. The van der Waals surface area contributed by atoms with E-state index in [4.69, 9.17) is 0 Å². The molecule has 2 nitrogen and oxygen atoms in total. The summed E-state index contributed by atoms with van der Waals surface area (Å²) in [5, 5.41) is 4.90. The molecule has 260 valence electrons. The van der Waals surface area contributed by atoms with Crippen molar-refractivity contribution in [2.24, 2.45) is 0 Å². The molecule has 0 aliphatic carbocycles. The van der Waals surface area contributed by atoms with E-state index in [0.29, 0.717) is 0 Å². The highest BCUT2D eigenvalue weighted by Gasteiger charge is 2.20. The lowest BCUT2D eigenvalue weighted by molar-refractivity contribution is 1.18. The number of fused-ring (bicyclic) bond motifs is 4. The molecule has 0 bridgehead atoms. The average molecular weight is 703 g/mol. The largest absolute Gasteiger partial charge is 0.310 e. The molecular formula is C53H38N2. The van der Waals surface area contributed by atoms with Crippen LogP contribution >= 0.6 is 0 Å². The average Bonchev–Trinajstić information content (AvgIpc) is 3.58. The first-order chi connectivity index (χ1) is 27.2. The first-order valence-corrected chi connectivity index (χ1v) is 18.9. The quantitative estimate of drug-likeness (QED) is 0.160. The topological polar surface area (TPSA) is 8.17 Å². The molecule has 0 saturated carbocycles. The van der Waals surface area contributed by atoms with Gasteiger partial charge < -0.3 is 9.47 Å². The Kier molecular flexibility index (Phi) is 8.08. The summed E-state index contributed by atoms with van der Waals surface area (Å²) in [5.74, 6) is 0. The third-order valence-corrected chi connectivity index (χ3v) is 10.8. The summed E-state index contributed by atoms with van der Waals surface area (Å²) in [5.41, 5.74) is 15.3. The highest BCUT2D eigenvalue weighted by Crippen LogP contribution is 2.42. The van der Waals surface area contributed by atoms with Crippen molar-refractivity contribution in [3.63, 3.8) is 0 Å². The molecule has 9 aromatic carbocycles. The van der Waals surface area contributed by atoms with Gasteiger partial charge in [-0.15, -0.1) is 0 Å². The second-order valence-electron chi connectivity index (χ2n) is 14.3.